The predicted octanol–water partition coefficient (Wildman–Crippen LogP) is 1.71. The normalized spacial score (nSPS) is 19.5. The molecule has 0 spiro atoms. The van der Waals surface area contributed by atoms with Gasteiger partial charge in [-0.15, -0.1) is 0 Å². The lowest BCUT2D eigenvalue weighted by atomic mass is 10.1. The summed E-state index contributed by atoms with van der Waals surface area (Å²) >= 11 is 0. The second-order valence-electron chi connectivity index (χ2n) is 7.45. The SMILES string of the molecule is O=C(C1CC(=O)N(C2CC2)C1)N(CCCn1ccnc1)Cc1cccnc1. The number of carbonyl (C=O) groups is 2. The highest BCUT2D eigenvalue weighted by atomic mass is 16.2. The summed E-state index contributed by atoms with van der Waals surface area (Å²) in [5.74, 6) is -0.000376. The van der Waals surface area contributed by atoms with Crippen LogP contribution < -0.4 is 0 Å². The lowest BCUT2D eigenvalue weighted by Crippen LogP contribution is -2.38. The fraction of sp³-hybridized carbons (Fsp3) is 0.500. The molecule has 1 aliphatic heterocycles. The Balaban J connectivity index is 1.41. The number of aryl methyl sites for hydroxylation is 1. The van der Waals surface area contributed by atoms with E-state index in [0.29, 0.717) is 32.1 Å². The van der Waals surface area contributed by atoms with Gasteiger partial charge in [0.1, 0.15) is 0 Å². The van der Waals surface area contributed by atoms with E-state index in [9.17, 15) is 9.59 Å². The number of hydrogen-bond acceptors (Lipinski definition) is 4. The van der Waals surface area contributed by atoms with E-state index in [1.54, 1.807) is 24.9 Å². The molecule has 1 atom stereocenters. The summed E-state index contributed by atoms with van der Waals surface area (Å²) in [6.07, 6.45) is 12.4. The molecule has 2 aromatic rings. The average Bonchev–Trinajstić information content (AvgIpc) is 3.24. The van der Waals surface area contributed by atoms with Crippen LogP contribution in [-0.2, 0) is 22.7 Å². The highest BCUT2D eigenvalue weighted by Gasteiger charge is 2.42. The van der Waals surface area contributed by atoms with Crippen LogP contribution in [0.2, 0.25) is 0 Å². The number of rotatable bonds is 8. The van der Waals surface area contributed by atoms with Gasteiger partial charge in [0.05, 0.1) is 12.2 Å². The highest BCUT2D eigenvalue weighted by molar-refractivity contribution is 5.89. The largest absolute Gasteiger partial charge is 0.339 e. The van der Waals surface area contributed by atoms with Gasteiger partial charge in [0.2, 0.25) is 11.8 Å². The van der Waals surface area contributed by atoms with Crippen LogP contribution in [0.4, 0.5) is 0 Å². The number of aromatic nitrogens is 3. The zero-order valence-electron chi connectivity index (χ0n) is 15.4. The number of likely N-dealkylation sites (tertiary alicyclic amines) is 1. The molecular formula is C20H25N5O2. The van der Waals surface area contributed by atoms with Crippen LogP contribution in [0.1, 0.15) is 31.2 Å². The Kier molecular flexibility index (Phi) is 5.18. The number of nitrogens with zero attached hydrogens (tertiary/aromatic N) is 5. The van der Waals surface area contributed by atoms with Crippen LogP contribution in [0.5, 0.6) is 0 Å². The summed E-state index contributed by atoms with van der Waals surface area (Å²) in [6.45, 7) is 2.58. The van der Waals surface area contributed by atoms with E-state index in [1.165, 1.54) is 0 Å². The predicted molar refractivity (Wildman–Crippen MR) is 99.3 cm³/mol. The Morgan fingerprint density at radius 1 is 1.26 bits per heavy atom. The minimum Gasteiger partial charge on any atom is -0.339 e. The highest BCUT2D eigenvalue weighted by Crippen LogP contribution is 2.33. The Labute approximate surface area is 159 Å². The van der Waals surface area contributed by atoms with Crippen LogP contribution in [0.15, 0.2) is 43.2 Å². The van der Waals surface area contributed by atoms with Crippen molar-refractivity contribution in [2.24, 2.45) is 5.92 Å². The molecule has 2 aliphatic rings. The first-order valence-corrected chi connectivity index (χ1v) is 9.63. The molecule has 1 saturated heterocycles. The molecule has 7 heteroatoms. The van der Waals surface area contributed by atoms with Crippen LogP contribution in [0.25, 0.3) is 0 Å². The molecule has 2 amide bonds. The van der Waals surface area contributed by atoms with Gasteiger partial charge in [-0.3, -0.25) is 14.6 Å². The van der Waals surface area contributed by atoms with Crippen molar-refractivity contribution in [3.8, 4) is 0 Å². The Morgan fingerprint density at radius 2 is 2.15 bits per heavy atom. The number of carbonyl (C=O) groups excluding carboxylic acids is 2. The van der Waals surface area contributed by atoms with E-state index in [-0.39, 0.29) is 17.7 Å². The molecule has 1 aliphatic carbocycles. The van der Waals surface area contributed by atoms with E-state index in [2.05, 4.69) is 9.97 Å². The topological polar surface area (TPSA) is 71.3 Å². The summed E-state index contributed by atoms with van der Waals surface area (Å²) in [4.78, 5) is 37.5. The molecular weight excluding hydrogens is 342 g/mol. The van der Waals surface area contributed by atoms with Crippen molar-refractivity contribution in [1.29, 1.82) is 0 Å². The minimum absolute atomic E-state index is 0.0842. The maximum atomic E-state index is 13.2. The molecule has 0 N–H and O–H groups in total. The first kappa shape index (κ1) is 17.7. The molecule has 1 saturated carbocycles. The third-order valence-electron chi connectivity index (χ3n) is 5.31. The molecule has 1 unspecified atom stereocenters. The van der Waals surface area contributed by atoms with Gasteiger partial charge in [0.25, 0.3) is 0 Å². The van der Waals surface area contributed by atoms with Crippen molar-refractivity contribution in [2.45, 2.75) is 44.8 Å². The second-order valence-corrected chi connectivity index (χ2v) is 7.45. The standard InChI is InChI=1S/C20H25N5O2/c26-19-11-17(14-25(19)18-4-5-18)20(27)24(13-16-3-1-6-21-12-16)9-2-8-23-10-7-22-15-23/h1,3,6-7,10,12,15,17-18H,2,4-5,8-9,11,13-14H2. The summed E-state index contributed by atoms with van der Waals surface area (Å²) in [7, 11) is 0. The lowest BCUT2D eigenvalue weighted by molar-refractivity contribution is -0.136. The van der Waals surface area contributed by atoms with Gasteiger partial charge in [-0.05, 0) is 30.9 Å². The van der Waals surface area contributed by atoms with Gasteiger partial charge in [-0.1, -0.05) is 6.07 Å². The van der Waals surface area contributed by atoms with Gasteiger partial charge < -0.3 is 14.4 Å². The molecule has 0 bridgehead atoms. The number of imidazole rings is 1. The molecule has 7 nitrogen and oxygen atoms in total. The van der Waals surface area contributed by atoms with Gasteiger partial charge in [-0.2, -0.15) is 0 Å². The Hall–Kier alpha value is -2.70. The number of amides is 2. The van der Waals surface area contributed by atoms with Gasteiger partial charge in [-0.25, -0.2) is 4.98 Å². The molecule has 142 valence electrons. The fourth-order valence-corrected chi connectivity index (χ4v) is 3.74. The zero-order valence-corrected chi connectivity index (χ0v) is 15.4. The summed E-state index contributed by atoms with van der Waals surface area (Å²) in [5.41, 5.74) is 1.01. The monoisotopic (exact) mass is 367 g/mol. The maximum Gasteiger partial charge on any atom is 0.228 e. The van der Waals surface area contributed by atoms with Crippen molar-refractivity contribution >= 4 is 11.8 Å². The van der Waals surface area contributed by atoms with Crippen LogP contribution in [0, 0.1) is 5.92 Å². The van der Waals surface area contributed by atoms with Crippen molar-refractivity contribution < 1.29 is 9.59 Å². The van der Waals surface area contributed by atoms with Crippen molar-refractivity contribution in [3.05, 3.63) is 48.8 Å². The summed E-state index contributed by atoms with van der Waals surface area (Å²) in [5, 5.41) is 0. The smallest absolute Gasteiger partial charge is 0.228 e. The van der Waals surface area contributed by atoms with Crippen molar-refractivity contribution in [2.75, 3.05) is 13.1 Å². The Morgan fingerprint density at radius 3 is 2.85 bits per heavy atom. The summed E-state index contributed by atoms with van der Waals surface area (Å²) < 4.78 is 2.01. The van der Waals surface area contributed by atoms with E-state index in [4.69, 9.17) is 0 Å². The number of hydrogen-bond donors (Lipinski definition) is 0. The lowest BCUT2D eigenvalue weighted by Gasteiger charge is -2.26. The molecule has 27 heavy (non-hydrogen) atoms. The first-order valence-electron chi connectivity index (χ1n) is 9.63. The van der Waals surface area contributed by atoms with Crippen molar-refractivity contribution in [1.82, 2.24) is 24.3 Å². The molecule has 0 aromatic carbocycles. The summed E-state index contributed by atoms with van der Waals surface area (Å²) in [6, 6.07) is 4.25. The van der Waals surface area contributed by atoms with E-state index in [1.807, 2.05) is 32.7 Å². The van der Waals surface area contributed by atoms with E-state index >= 15 is 0 Å². The minimum atomic E-state index is -0.219. The molecule has 2 fully saturated rings. The van der Waals surface area contributed by atoms with Gasteiger partial charge in [0.15, 0.2) is 0 Å². The average molecular weight is 367 g/mol. The third-order valence-corrected chi connectivity index (χ3v) is 5.31. The molecule has 2 aromatic heterocycles. The van der Waals surface area contributed by atoms with Crippen LogP contribution >= 0.6 is 0 Å². The van der Waals surface area contributed by atoms with Crippen LogP contribution in [0.3, 0.4) is 0 Å². The molecule has 0 radical (unpaired) electrons. The quantitative estimate of drug-likeness (QED) is 0.712. The van der Waals surface area contributed by atoms with E-state index in [0.717, 1.165) is 31.4 Å². The van der Waals surface area contributed by atoms with Crippen molar-refractivity contribution in [3.63, 3.8) is 0 Å². The third kappa shape index (κ3) is 4.35. The zero-order chi connectivity index (χ0) is 18.6. The Bertz CT molecular complexity index is 773. The van der Waals surface area contributed by atoms with Gasteiger partial charge >= 0.3 is 0 Å². The number of pyridine rings is 1. The van der Waals surface area contributed by atoms with Crippen LogP contribution in [-0.4, -0.2) is 55.3 Å². The van der Waals surface area contributed by atoms with Gasteiger partial charge in [0, 0.05) is 63.4 Å². The maximum absolute atomic E-state index is 13.2. The molecule has 4 rings (SSSR count). The fourth-order valence-electron chi connectivity index (χ4n) is 3.74. The van der Waals surface area contributed by atoms with E-state index < -0.39 is 0 Å². The molecule has 3 heterocycles. The second kappa shape index (κ2) is 7.90. The first-order chi connectivity index (χ1) is 13.2.